The molecule has 1 amide bonds. The molecule has 4 nitrogen and oxygen atoms in total. The number of amides is 1. The van der Waals surface area contributed by atoms with Gasteiger partial charge < -0.3 is 9.64 Å². The van der Waals surface area contributed by atoms with Crippen LogP contribution in [0.15, 0.2) is 42.5 Å². The van der Waals surface area contributed by atoms with Gasteiger partial charge in [0.25, 0.3) is 5.91 Å². The Morgan fingerprint density at radius 2 is 1.78 bits per heavy atom. The second-order valence-corrected chi connectivity index (χ2v) is 7.83. The van der Waals surface area contributed by atoms with Gasteiger partial charge in [0.05, 0.1) is 5.56 Å². The third-order valence-corrected chi connectivity index (χ3v) is 6.09. The third-order valence-electron chi connectivity index (χ3n) is 6.09. The quantitative estimate of drug-likeness (QED) is 0.830. The summed E-state index contributed by atoms with van der Waals surface area (Å²) in [5.41, 5.74) is 4.58. The molecule has 142 valence electrons. The van der Waals surface area contributed by atoms with Gasteiger partial charge in [-0.25, -0.2) is 0 Å². The van der Waals surface area contributed by atoms with Gasteiger partial charge in [-0.05, 0) is 31.0 Å². The average molecular weight is 364 g/mol. The Balaban J connectivity index is 1.42. The van der Waals surface area contributed by atoms with E-state index >= 15 is 0 Å². The van der Waals surface area contributed by atoms with Crippen molar-refractivity contribution in [3.8, 4) is 5.75 Å². The predicted molar refractivity (Wildman–Crippen MR) is 107 cm³/mol. The van der Waals surface area contributed by atoms with Gasteiger partial charge in [0.15, 0.2) is 0 Å². The number of carbonyl (C=O) groups is 1. The first kappa shape index (κ1) is 18.1. The molecule has 2 aliphatic heterocycles. The highest BCUT2D eigenvalue weighted by Gasteiger charge is 2.33. The Morgan fingerprint density at radius 3 is 2.52 bits per heavy atom. The monoisotopic (exact) mass is 364 g/mol. The fourth-order valence-electron chi connectivity index (χ4n) is 4.06. The number of piperazine rings is 1. The molecule has 0 saturated carbocycles. The highest BCUT2D eigenvalue weighted by Crippen LogP contribution is 2.40. The number of carbonyl (C=O) groups excluding carboxylic acids is 1. The summed E-state index contributed by atoms with van der Waals surface area (Å²) < 4.78 is 6.02. The second-order valence-electron chi connectivity index (χ2n) is 7.83. The number of hydrogen-bond donors (Lipinski definition) is 0. The van der Waals surface area contributed by atoms with E-state index in [0.29, 0.717) is 5.92 Å². The first-order valence-corrected chi connectivity index (χ1v) is 9.90. The van der Waals surface area contributed by atoms with Crippen molar-refractivity contribution in [1.82, 2.24) is 9.80 Å². The van der Waals surface area contributed by atoms with Crippen molar-refractivity contribution < 1.29 is 9.53 Å². The van der Waals surface area contributed by atoms with E-state index in [2.05, 4.69) is 56.0 Å². The maximum Gasteiger partial charge on any atom is 0.257 e. The molecule has 2 aliphatic rings. The normalized spacial score (nSPS) is 22.4. The highest BCUT2D eigenvalue weighted by atomic mass is 16.5. The van der Waals surface area contributed by atoms with E-state index in [1.165, 1.54) is 11.1 Å². The molecule has 1 saturated heterocycles. The van der Waals surface area contributed by atoms with Crippen molar-refractivity contribution >= 4 is 5.91 Å². The van der Waals surface area contributed by atoms with E-state index in [1.807, 2.05) is 17.0 Å². The average Bonchev–Trinajstić information content (AvgIpc) is 2.98. The predicted octanol–water partition coefficient (Wildman–Crippen LogP) is 3.84. The van der Waals surface area contributed by atoms with Crippen LogP contribution in [-0.4, -0.2) is 48.0 Å². The van der Waals surface area contributed by atoms with Crippen LogP contribution in [0.1, 0.15) is 46.8 Å². The van der Waals surface area contributed by atoms with Gasteiger partial charge in [0, 0.05) is 44.2 Å². The van der Waals surface area contributed by atoms with Crippen LogP contribution in [0, 0.1) is 6.92 Å². The third kappa shape index (κ3) is 3.46. The number of rotatable bonds is 3. The zero-order valence-corrected chi connectivity index (χ0v) is 16.4. The summed E-state index contributed by atoms with van der Waals surface area (Å²) >= 11 is 0. The Kier molecular flexibility index (Phi) is 4.92. The van der Waals surface area contributed by atoms with Gasteiger partial charge in [0.1, 0.15) is 11.9 Å². The Hall–Kier alpha value is -2.33. The molecule has 0 bridgehead atoms. The summed E-state index contributed by atoms with van der Waals surface area (Å²) in [6, 6.07) is 14.5. The topological polar surface area (TPSA) is 32.8 Å². The maximum atomic E-state index is 13.1. The zero-order valence-electron chi connectivity index (χ0n) is 16.4. The minimum Gasteiger partial charge on any atom is -0.489 e. The SMILES string of the molecule is Cc1ccccc1CN1CCN(C(=O)c2cccc3c2O[C@H](C)[C@H]3C)CC1. The Labute approximate surface area is 161 Å². The summed E-state index contributed by atoms with van der Waals surface area (Å²) in [7, 11) is 0. The molecule has 0 spiro atoms. The summed E-state index contributed by atoms with van der Waals surface area (Å²) in [6.07, 6.45) is 0.125. The molecule has 0 aromatic heterocycles. The van der Waals surface area contributed by atoms with Gasteiger partial charge in [0.2, 0.25) is 0 Å². The van der Waals surface area contributed by atoms with Gasteiger partial charge in [-0.15, -0.1) is 0 Å². The molecule has 4 heteroatoms. The maximum absolute atomic E-state index is 13.1. The fraction of sp³-hybridized carbons (Fsp3) is 0.435. The minimum absolute atomic E-state index is 0.101. The lowest BCUT2D eigenvalue weighted by atomic mass is 9.96. The molecule has 2 heterocycles. The van der Waals surface area contributed by atoms with Crippen LogP contribution in [0.4, 0.5) is 0 Å². The molecule has 2 atom stereocenters. The lowest BCUT2D eigenvalue weighted by molar-refractivity contribution is 0.0623. The molecule has 1 fully saturated rings. The number of ether oxygens (including phenoxy) is 1. The van der Waals surface area contributed by atoms with Crippen LogP contribution in [0.5, 0.6) is 5.75 Å². The molecule has 27 heavy (non-hydrogen) atoms. The molecular formula is C23H28N2O2. The summed E-state index contributed by atoms with van der Waals surface area (Å²) in [5.74, 6) is 1.23. The van der Waals surface area contributed by atoms with Gasteiger partial charge in [-0.3, -0.25) is 9.69 Å². The molecule has 0 N–H and O–H groups in total. The van der Waals surface area contributed by atoms with Crippen LogP contribution in [0.25, 0.3) is 0 Å². The standard InChI is InChI=1S/C23H28N2O2/c1-16-7-4-5-8-19(16)15-24-11-13-25(14-12-24)23(26)21-10-6-9-20-17(2)18(3)27-22(20)21/h4-10,17-18H,11-15H2,1-3H3/t17-,18-/m1/s1. The highest BCUT2D eigenvalue weighted by molar-refractivity contribution is 5.97. The number of para-hydroxylation sites is 1. The molecule has 2 aromatic carbocycles. The van der Waals surface area contributed by atoms with Crippen molar-refractivity contribution in [3.05, 3.63) is 64.7 Å². The number of nitrogens with zero attached hydrogens (tertiary/aromatic N) is 2. The molecule has 0 radical (unpaired) electrons. The number of benzene rings is 2. The number of fused-ring (bicyclic) bond motifs is 1. The van der Waals surface area contributed by atoms with Crippen molar-refractivity contribution in [3.63, 3.8) is 0 Å². The van der Waals surface area contributed by atoms with E-state index < -0.39 is 0 Å². The van der Waals surface area contributed by atoms with E-state index in [-0.39, 0.29) is 12.0 Å². The number of aryl methyl sites for hydroxylation is 1. The largest absolute Gasteiger partial charge is 0.489 e. The molecular weight excluding hydrogens is 336 g/mol. The second kappa shape index (κ2) is 7.35. The van der Waals surface area contributed by atoms with Crippen LogP contribution >= 0.6 is 0 Å². The minimum atomic E-state index is 0.101. The van der Waals surface area contributed by atoms with E-state index in [4.69, 9.17) is 4.74 Å². The lowest BCUT2D eigenvalue weighted by Crippen LogP contribution is -2.48. The molecule has 4 rings (SSSR count). The van der Waals surface area contributed by atoms with Crippen molar-refractivity contribution in [1.29, 1.82) is 0 Å². The van der Waals surface area contributed by atoms with Crippen molar-refractivity contribution in [2.24, 2.45) is 0 Å². The van der Waals surface area contributed by atoms with Crippen LogP contribution < -0.4 is 4.74 Å². The Bertz CT molecular complexity index is 840. The van der Waals surface area contributed by atoms with E-state index in [9.17, 15) is 4.79 Å². The van der Waals surface area contributed by atoms with Gasteiger partial charge in [-0.2, -0.15) is 0 Å². The first-order valence-electron chi connectivity index (χ1n) is 9.90. The zero-order chi connectivity index (χ0) is 19.0. The van der Waals surface area contributed by atoms with Crippen molar-refractivity contribution in [2.75, 3.05) is 26.2 Å². The van der Waals surface area contributed by atoms with Crippen LogP contribution in [-0.2, 0) is 6.54 Å². The van der Waals surface area contributed by atoms with Gasteiger partial charge >= 0.3 is 0 Å². The van der Waals surface area contributed by atoms with E-state index in [1.54, 1.807) is 0 Å². The number of hydrogen-bond acceptors (Lipinski definition) is 3. The van der Waals surface area contributed by atoms with Crippen molar-refractivity contribution in [2.45, 2.75) is 39.3 Å². The summed E-state index contributed by atoms with van der Waals surface area (Å²) in [5, 5.41) is 0. The Morgan fingerprint density at radius 1 is 1.04 bits per heavy atom. The smallest absolute Gasteiger partial charge is 0.257 e. The lowest BCUT2D eigenvalue weighted by Gasteiger charge is -2.35. The first-order chi connectivity index (χ1) is 13.0. The fourth-order valence-corrected chi connectivity index (χ4v) is 4.06. The molecule has 0 unspecified atom stereocenters. The summed E-state index contributed by atoms with van der Waals surface area (Å²) in [4.78, 5) is 17.5. The van der Waals surface area contributed by atoms with E-state index in [0.717, 1.165) is 49.6 Å². The van der Waals surface area contributed by atoms with Crippen LogP contribution in [0.2, 0.25) is 0 Å². The van der Waals surface area contributed by atoms with Gasteiger partial charge in [-0.1, -0.05) is 43.3 Å². The molecule has 0 aliphatic carbocycles. The summed E-state index contributed by atoms with van der Waals surface area (Å²) in [6.45, 7) is 10.7. The van der Waals surface area contributed by atoms with Crippen LogP contribution in [0.3, 0.4) is 0 Å². The molecule has 2 aromatic rings.